The molecule has 3 rings (SSSR count). The van der Waals surface area contributed by atoms with Crippen molar-refractivity contribution >= 4 is 5.78 Å². The molecule has 2 aromatic rings. The van der Waals surface area contributed by atoms with Crippen LogP contribution < -0.4 is 4.74 Å². The van der Waals surface area contributed by atoms with Crippen LogP contribution >= 0.6 is 0 Å². The van der Waals surface area contributed by atoms with Gasteiger partial charge in [0.1, 0.15) is 22.9 Å². The first-order chi connectivity index (χ1) is 13.7. The summed E-state index contributed by atoms with van der Waals surface area (Å²) < 4.78 is 19.8. The number of piperidine rings is 1. The van der Waals surface area contributed by atoms with Crippen molar-refractivity contribution in [3.05, 3.63) is 53.7 Å². The maximum absolute atomic E-state index is 13.9. The quantitative estimate of drug-likeness (QED) is 0.728. The molecule has 29 heavy (non-hydrogen) atoms. The molecule has 0 bridgehead atoms. The molecule has 1 aromatic heterocycles. The lowest BCUT2D eigenvalue weighted by Crippen LogP contribution is -2.42. The van der Waals surface area contributed by atoms with Crippen LogP contribution in [0.2, 0.25) is 0 Å². The maximum atomic E-state index is 13.9. The van der Waals surface area contributed by atoms with Crippen molar-refractivity contribution in [3.8, 4) is 5.88 Å². The van der Waals surface area contributed by atoms with Gasteiger partial charge in [0.05, 0.1) is 0 Å². The Morgan fingerprint density at radius 1 is 1.24 bits per heavy atom. The van der Waals surface area contributed by atoms with Gasteiger partial charge in [-0.2, -0.15) is 0 Å². The van der Waals surface area contributed by atoms with Gasteiger partial charge in [0.25, 0.3) is 0 Å². The molecule has 2 atom stereocenters. The standard InChI is InChI=1S/C23H30FN3O2/c1-16-13-18(21(28)14-17-7-5-6-8-19(17)24)9-12-27(16)15-20-22(26-11-10-25-20)29-23(2,3)4/h5-8,10-11,16,18H,9,12-15H2,1-4H3/t16-,18-/m1/s1. The van der Waals surface area contributed by atoms with E-state index in [1.54, 1.807) is 30.6 Å². The molecule has 0 saturated carbocycles. The number of Topliss-reactive ketones (excluding diaryl/α,β-unsaturated/α-hetero) is 1. The van der Waals surface area contributed by atoms with E-state index in [1.165, 1.54) is 6.07 Å². The third-order valence-electron chi connectivity index (χ3n) is 5.28. The van der Waals surface area contributed by atoms with E-state index in [-0.39, 0.29) is 35.6 Å². The number of ketones is 1. The lowest BCUT2D eigenvalue weighted by molar-refractivity contribution is -0.124. The minimum Gasteiger partial charge on any atom is -0.471 e. The molecule has 1 aliphatic rings. The molecule has 1 aliphatic heterocycles. The fourth-order valence-electron chi connectivity index (χ4n) is 3.75. The average Bonchev–Trinajstić information content (AvgIpc) is 2.65. The number of aromatic nitrogens is 2. The van der Waals surface area contributed by atoms with Crippen molar-refractivity contribution in [2.75, 3.05) is 6.54 Å². The summed E-state index contributed by atoms with van der Waals surface area (Å²) in [6.07, 6.45) is 5.02. The highest BCUT2D eigenvalue weighted by Gasteiger charge is 2.31. The van der Waals surface area contributed by atoms with Crippen LogP contribution in [0, 0.1) is 11.7 Å². The molecule has 1 aromatic carbocycles. The first-order valence-electron chi connectivity index (χ1n) is 10.2. The number of rotatable bonds is 6. The second-order valence-corrected chi connectivity index (χ2v) is 8.80. The Kier molecular flexibility index (Phi) is 6.63. The maximum Gasteiger partial charge on any atom is 0.237 e. The van der Waals surface area contributed by atoms with Gasteiger partial charge in [-0.15, -0.1) is 0 Å². The van der Waals surface area contributed by atoms with Crippen molar-refractivity contribution in [3.63, 3.8) is 0 Å². The molecule has 0 aliphatic carbocycles. The molecule has 156 valence electrons. The second-order valence-electron chi connectivity index (χ2n) is 8.80. The van der Waals surface area contributed by atoms with E-state index < -0.39 is 0 Å². The van der Waals surface area contributed by atoms with Gasteiger partial charge in [-0.05, 0) is 58.7 Å². The normalized spacial score (nSPS) is 20.4. The molecule has 2 heterocycles. The molecule has 0 unspecified atom stereocenters. The number of hydrogen-bond donors (Lipinski definition) is 0. The van der Waals surface area contributed by atoms with Gasteiger partial charge < -0.3 is 4.74 Å². The van der Waals surface area contributed by atoms with Crippen LogP contribution in [-0.4, -0.2) is 38.8 Å². The molecule has 6 heteroatoms. The first kappa shape index (κ1) is 21.4. The number of carbonyl (C=O) groups excluding carboxylic acids is 1. The second kappa shape index (κ2) is 8.99. The Morgan fingerprint density at radius 2 is 1.97 bits per heavy atom. The minimum absolute atomic E-state index is 0.0343. The van der Waals surface area contributed by atoms with Crippen molar-refractivity contribution < 1.29 is 13.9 Å². The molecule has 0 spiro atoms. The predicted octanol–water partition coefficient (Wildman–Crippen LogP) is 4.21. The molecule has 1 saturated heterocycles. The van der Waals surface area contributed by atoms with Gasteiger partial charge in [0, 0.05) is 37.3 Å². The van der Waals surface area contributed by atoms with E-state index in [1.807, 2.05) is 20.8 Å². The van der Waals surface area contributed by atoms with Crippen LogP contribution in [0.5, 0.6) is 5.88 Å². The molecule has 0 amide bonds. The van der Waals surface area contributed by atoms with E-state index in [9.17, 15) is 9.18 Å². The third kappa shape index (κ3) is 5.82. The van der Waals surface area contributed by atoms with E-state index in [4.69, 9.17) is 4.74 Å². The van der Waals surface area contributed by atoms with Crippen molar-refractivity contribution in [2.45, 2.75) is 65.1 Å². The highest BCUT2D eigenvalue weighted by Crippen LogP contribution is 2.28. The van der Waals surface area contributed by atoms with E-state index in [0.29, 0.717) is 18.0 Å². The van der Waals surface area contributed by atoms with Crippen LogP contribution in [0.25, 0.3) is 0 Å². The van der Waals surface area contributed by atoms with Gasteiger partial charge in [-0.3, -0.25) is 14.7 Å². The lowest BCUT2D eigenvalue weighted by atomic mass is 9.85. The van der Waals surface area contributed by atoms with Crippen LogP contribution in [0.3, 0.4) is 0 Å². The summed E-state index contributed by atoms with van der Waals surface area (Å²) in [5.74, 6) is 0.344. The zero-order valence-electron chi connectivity index (χ0n) is 17.7. The monoisotopic (exact) mass is 399 g/mol. The summed E-state index contributed by atoms with van der Waals surface area (Å²) in [6, 6.07) is 6.74. The Morgan fingerprint density at radius 3 is 2.66 bits per heavy atom. The molecule has 1 fully saturated rings. The molecular formula is C23H30FN3O2. The SMILES string of the molecule is C[C@@H]1C[C@H](C(=O)Cc2ccccc2F)CCN1Cc1nccnc1OC(C)(C)C. The van der Waals surface area contributed by atoms with Gasteiger partial charge in [-0.25, -0.2) is 9.37 Å². The molecular weight excluding hydrogens is 369 g/mol. The highest BCUT2D eigenvalue weighted by molar-refractivity contribution is 5.83. The highest BCUT2D eigenvalue weighted by atomic mass is 19.1. The number of halogens is 1. The summed E-state index contributed by atoms with van der Waals surface area (Å²) in [7, 11) is 0. The van der Waals surface area contributed by atoms with Crippen molar-refractivity contribution in [1.82, 2.24) is 14.9 Å². The Bertz CT molecular complexity index is 850. The topological polar surface area (TPSA) is 55.3 Å². The van der Waals surface area contributed by atoms with E-state index in [2.05, 4.69) is 21.8 Å². The number of ether oxygens (including phenoxy) is 1. The van der Waals surface area contributed by atoms with Gasteiger partial charge in [0.15, 0.2) is 0 Å². The summed E-state index contributed by atoms with van der Waals surface area (Å²) >= 11 is 0. The Labute approximate surface area is 172 Å². The van der Waals surface area contributed by atoms with Crippen molar-refractivity contribution in [1.29, 1.82) is 0 Å². The number of benzene rings is 1. The summed E-state index contributed by atoms with van der Waals surface area (Å²) in [5.41, 5.74) is 0.948. The smallest absolute Gasteiger partial charge is 0.237 e. The largest absolute Gasteiger partial charge is 0.471 e. The number of carbonyl (C=O) groups is 1. The fraction of sp³-hybridized carbons (Fsp3) is 0.522. The average molecular weight is 400 g/mol. The van der Waals surface area contributed by atoms with Crippen LogP contribution in [-0.2, 0) is 17.8 Å². The minimum atomic E-state index is -0.345. The van der Waals surface area contributed by atoms with Crippen molar-refractivity contribution in [2.24, 2.45) is 5.92 Å². The predicted molar refractivity (Wildman–Crippen MR) is 110 cm³/mol. The first-order valence-corrected chi connectivity index (χ1v) is 10.2. The van der Waals surface area contributed by atoms with Crippen LogP contribution in [0.15, 0.2) is 36.7 Å². The van der Waals surface area contributed by atoms with E-state index in [0.717, 1.165) is 25.1 Å². The van der Waals surface area contributed by atoms with Gasteiger partial charge in [-0.1, -0.05) is 18.2 Å². The van der Waals surface area contributed by atoms with Crippen LogP contribution in [0.4, 0.5) is 4.39 Å². The van der Waals surface area contributed by atoms with E-state index >= 15 is 0 Å². The number of likely N-dealkylation sites (tertiary alicyclic amines) is 1. The zero-order valence-corrected chi connectivity index (χ0v) is 17.7. The summed E-state index contributed by atoms with van der Waals surface area (Å²) in [5, 5.41) is 0. The zero-order chi connectivity index (χ0) is 21.0. The Hall–Kier alpha value is -2.34. The van der Waals surface area contributed by atoms with Crippen LogP contribution in [0.1, 0.15) is 51.8 Å². The molecule has 5 nitrogen and oxygen atoms in total. The molecule has 0 radical (unpaired) electrons. The number of nitrogens with zero attached hydrogens (tertiary/aromatic N) is 3. The summed E-state index contributed by atoms with van der Waals surface area (Å²) in [4.78, 5) is 23.9. The Balaban J connectivity index is 1.61. The number of hydrogen-bond acceptors (Lipinski definition) is 5. The summed E-state index contributed by atoms with van der Waals surface area (Å²) in [6.45, 7) is 9.51. The fourth-order valence-corrected chi connectivity index (χ4v) is 3.75. The molecule has 0 N–H and O–H groups in total. The van der Waals surface area contributed by atoms with Gasteiger partial charge >= 0.3 is 0 Å². The van der Waals surface area contributed by atoms with Gasteiger partial charge in [0.2, 0.25) is 5.88 Å². The lowest BCUT2D eigenvalue weighted by Gasteiger charge is -2.37. The third-order valence-corrected chi connectivity index (χ3v) is 5.28.